The lowest BCUT2D eigenvalue weighted by molar-refractivity contribution is 0.668. The van der Waals surface area contributed by atoms with Crippen LogP contribution in [0.3, 0.4) is 0 Å². The van der Waals surface area contributed by atoms with Crippen LogP contribution >= 0.6 is 0 Å². The van der Waals surface area contributed by atoms with Crippen molar-refractivity contribution < 1.29 is 0 Å². The molecule has 2 heteroatoms. The molecule has 2 rings (SSSR count). The molecule has 86 valence electrons. The molecule has 0 fully saturated rings. The van der Waals surface area contributed by atoms with Gasteiger partial charge in [-0.1, -0.05) is 11.6 Å². The molecule has 0 radical (unpaired) electrons. The molecule has 2 nitrogen and oxygen atoms in total. The lowest BCUT2D eigenvalue weighted by Crippen LogP contribution is -2.15. The number of benzene rings is 1. The first-order valence-electron chi connectivity index (χ1n) is 5.90. The number of aryl methyl sites for hydroxylation is 3. The van der Waals surface area contributed by atoms with Crippen LogP contribution in [0.2, 0.25) is 0 Å². The second-order valence-electron chi connectivity index (χ2n) is 4.83. The molecule has 1 aromatic heterocycles. The Bertz CT molecular complexity index is 495. The summed E-state index contributed by atoms with van der Waals surface area (Å²) in [5, 5.41) is 1.36. The summed E-state index contributed by atoms with van der Waals surface area (Å²) in [6, 6.07) is 4.75. The van der Waals surface area contributed by atoms with E-state index in [0.717, 1.165) is 12.8 Å². The molecule has 0 spiro atoms. The maximum Gasteiger partial charge on any atom is 0.0486 e. The van der Waals surface area contributed by atoms with Crippen LogP contribution < -0.4 is 5.73 Å². The predicted octanol–water partition coefficient (Wildman–Crippen LogP) is 3.06. The smallest absolute Gasteiger partial charge is 0.0486 e. The molecule has 1 heterocycles. The lowest BCUT2D eigenvalue weighted by atomic mass is 10.0. The summed E-state index contributed by atoms with van der Waals surface area (Å²) in [7, 11) is 0. The zero-order valence-corrected chi connectivity index (χ0v) is 10.3. The third-order valence-corrected chi connectivity index (χ3v) is 3.09. The summed E-state index contributed by atoms with van der Waals surface area (Å²) in [6.45, 7) is 6.36. The van der Waals surface area contributed by atoms with Gasteiger partial charge in [-0.15, -0.1) is 0 Å². The van der Waals surface area contributed by atoms with Gasteiger partial charge in [0.25, 0.3) is 0 Å². The summed E-state index contributed by atoms with van der Waals surface area (Å²) < 4.78 is 0. The number of rotatable bonds is 3. The molecule has 1 atom stereocenters. The van der Waals surface area contributed by atoms with Crippen molar-refractivity contribution in [3.05, 3.63) is 35.0 Å². The van der Waals surface area contributed by atoms with Crippen LogP contribution in [0.5, 0.6) is 0 Å². The Hall–Kier alpha value is -1.28. The highest BCUT2D eigenvalue weighted by Crippen LogP contribution is 2.24. The fourth-order valence-electron chi connectivity index (χ4n) is 2.24. The van der Waals surface area contributed by atoms with E-state index in [-0.39, 0.29) is 6.04 Å². The first-order chi connectivity index (χ1) is 7.58. The zero-order chi connectivity index (χ0) is 11.7. The van der Waals surface area contributed by atoms with Crippen molar-refractivity contribution in [1.82, 2.24) is 4.98 Å². The van der Waals surface area contributed by atoms with E-state index in [2.05, 4.69) is 44.1 Å². The zero-order valence-electron chi connectivity index (χ0n) is 10.3. The SMILES string of the molecule is Cc1cc(C)c2[nH]cc(CCC(C)N)c2c1. The molecule has 0 amide bonds. The molecule has 0 aliphatic rings. The van der Waals surface area contributed by atoms with Gasteiger partial charge in [-0.2, -0.15) is 0 Å². The third-order valence-electron chi connectivity index (χ3n) is 3.09. The number of aromatic amines is 1. The van der Waals surface area contributed by atoms with Gasteiger partial charge in [0.2, 0.25) is 0 Å². The minimum absolute atomic E-state index is 0.274. The van der Waals surface area contributed by atoms with Crippen LogP contribution in [0, 0.1) is 13.8 Å². The van der Waals surface area contributed by atoms with Gasteiger partial charge in [0.1, 0.15) is 0 Å². The molecule has 1 aromatic carbocycles. The van der Waals surface area contributed by atoms with E-state index in [1.165, 1.54) is 27.6 Å². The van der Waals surface area contributed by atoms with Crippen molar-refractivity contribution in [3.8, 4) is 0 Å². The topological polar surface area (TPSA) is 41.8 Å². The van der Waals surface area contributed by atoms with E-state index in [1.807, 2.05) is 0 Å². The number of fused-ring (bicyclic) bond motifs is 1. The molecule has 1 unspecified atom stereocenters. The number of hydrogen-bond donors (Lipinski definition) is 2. The van der Waals surface area contributed by atoms with Crippen molar-refractivity contribution in [2.24, 2.45) is 5.73 Å². The number of H-pyrrole nitrogens is 1. The molecular formula is C14H20N2. The maximum atomic E-state index is 5.80. The van der Waals surface area contributed by atoms with Crippen LogP contribution in [0.15, 0.2) is 18.3 Å². The molecule has 16 heavy (non-hydrogen) atoms. The second-order valence-corrected chi connectivity index (χ2v) is 4.83. The van der Waals surface area contributed by atoms with Gasteiger partial charge in [-0.25, -0.2) is 0 Å². The summed E-state index contributed by atoms with van der Waals surface area (Å²) in [6.07, 6.45) is 4.22. The average molecular weight is 216 g/mol. The van der Waals surface area contributed by atoms with Crippen molar-refractivity contribution in [3.63, 3.8) is 0 Å². The monoisotopic (exact) mass is 216 g/mol. The molecular weight excluding hydrogens is 196 g/mol. The highest BCUT2D eigenvalue weighted by molar-refractivity contribution is 5.86. The van der Waals surface area contributed by atoms with E-state index in [1.54, 1.807) is 0 Å². The summed E-state index contributed by atoms with van der Waals surface area (Å²) in [5.74, 6) is 0. The Kier molecular flexibility index (Phi) is 3.01. The van der Waals surface area contributed by atoms with Crippen LogP contribution in [0.1, 0.15) is 30.0 Å². The van der Waals surface area contributed by atoms with Crippen LogP contribution in [0.25, 0.3) is 10.9 Å². The number of nitrogens with two attached hydrogens (primary N) is 1. The van der Waals surface area contributed by atoms with E-state index in [4.69, 9.17) is 5.73 Å². The molecule has 0 saturated carbocycles. The second kappa shape index (κ2) is 4.30. The molecule has 0 bridgehead atoms. The number of hydrogen-bond acceptors (Lipinski definition) is 1. The van der Waals surface area contributed by atoms with Crippen molar-refractivity contribution in [1.29, 1.82) is 0 Å². The van der Waals surface area contributed by atoms with E-state index in [0.29, 0.717) is 0 Å². The van der Waals surface area contributed by atoms with Crippen LogP contribution in [-0.2, 0) is 6.42 Å². The predicted molar refractivity (Wildman–Crippen MR) is 69.7 cm³/mol. The molecule has 0 aliphatic carbocycles. The third kappa shape index (κ3) is 2.12. The lowest BCUT2D eigenvalue weighted by Gasteiger charge is -2.04. The Balaban J connectivity index is 2.40. The fraction of sp³-hybridized carbons (Fsp3) is 0.429. The van der Waals surface area contributed by atoms with E-state index in [9.17, 15) is 0 Å². The van der Waals surface area contributed by atoms with Gasteiger partial charge >= 0.3 is 0 Å². The number of aromatic nitrogens is 1. The maximum absolute atomic E-state index is 5.80. The standard InChI is InChI=1S/C14H20N2/c1-9-6-10(2)14-13(7-9)12(8-16-14)5-4-11(3)15/h6-8,11,16H,4-5,15H2,1-3H3. The summed E-state index contributed by atoms with van der Waals surface area (Å²) >= 11 is 0. The largest absolute Gasteiger partial charge is 0.361 e. The van der Waals surface area contributed by atoms with Gasteiger partial charge in [-0.05, 0) is 50.8 Å². The molecule has 3 N–H and O–H groups in total. The Morgan fingerprint density at radius 2 is 2.06 bits per heavy atom. The van der Waals surface area contributed by atoms with Gasteiger partial charge in [-0.3, -0.25) is 0 Å². The molecule has 0 aliphatic heterocycles. The summed E-state index contributed by atoms with van der Waals surface area (Å²) in [4.78, 5) is 3.37. The normalized spacial score (nSPS) is 13.2. The number of nitrogens with one attached hydrogen (secondary N) is 1. The quantitative estimate of drug-likeness (QED) is 0.813. The van der Waals surface area contributed by atoms with E-state index < -0.39 is 0 Å². The minimum atomic E-state index is 0.274. The minimum Gasteiger partial charge on any atom is -0.361 e. The average Bonchev–Trinajstić information content (AvgIpc) is 2.58. The van der Waals surface area contributed by atoms with Crippen molar-refractivity contribution in [2.75, 3.05) is 0 Å². The van der Waals surface area contributed by atoms with Gasteiger partial charge in [0, 0.05) is 23.1 Å². The van der Waals surface area contributed by atoms with Gasteiger partial charge in [0.15, 0.2) is 0 Å². The highest BCUT2D eigenvalue weighted by atomic mass is 14.7. The van der Waals surface area contributed by atoms with Gasteiger partial charge in [0.05, 0.1) is 0 Å². The van der Waals surface area contributed by atoms with Crippen LogP contribution in [0.4, 0.5) is 0 Å². The Labute approximate surface area is 96.9 Å². The van der Waals surface area contributed by atoms with Crippen molar-refractivity contribution in [2.45, 2.75) is 39.7 Å². The first kappa shape index (κ1) is 11.2. The van der Waals surface area contributed by atoms with Crippen LogP contribution in [-0.4, -0.2) is 11.0 Å². The van der Waals surface area contributed by atoms with Gasteiger partial charge < -0.3 is 10.7 Å². The Morgan fingerprint density at radius 1 is 1.31 bits per heavy atom. The Morgan fingerprint density at radius 3 is 2.75 bits per heavy atom. The summed E-state index contributed by atoms with van der Waals surface area (Å²) in [5.41, 5.74) is 11.1. The van der Waals surface area contributed by atoms with Crippen molar-refractivity contribution >= 4 is 10.9 Å². The fourth-order valence-corrected chi connectivity index (χ4v) is 2.24. The first-order valence-corrected chi connectivity index (χ1v) is 5.90. The highest BCUT2D eigenvalue weighted by Gasteiger charge is 2.07. The van der Waals surface area contributed by atoms with E-state index >= 15 is 0 Å². The molecule has 0 saturated heterocycles. The molecule has 2 aromatic rings.